The van der Waals surface area contributed by atoms with Gasteiger partial charge in [-0.15, -0.1) is 0 Å². The van der Waals surface area contributed by atoms with E-state index in [1.165, 1.54) is 4.90 Å². The van der Waals surface area contributed by atoms with Gasteiger partial charge in [-0.3, -0.25) is 9.59 Å². The van der Waals surface area contributed by atoms with Crippen LogP contribution in [0.5, 0.6) is 5.75 Å². The summed E-state index contributed by atoms with van der Waals surface area (Å²) in [6, 6.07) is 21.4. The lowest BCUT2D eigenvalue weighted by molar-refractivity contribution is -0.143. The van der Waals surface area contributed by atoms with Crippen molar-refractivity contribution < 1.29 is 14.3 Å². The lowest BCUT2D eigenvalue weighted by Gasteiger charge is -2.34. The summed E-state index contributed by atoms with van der Waals surface area (Å²) in [5, 5.41) is 3.88. The zero-order valence-electron chi connectivity index (χ0n) is 21.1. The van der Waals surface area contributed by atoms with E-state index in [1.807, 2.05) is 82.3 Å². The standard InChI is InChI=1S/C29H32Cl2N2O3/c1-20-13-15-22(16-14-20)36-19-27(34)33(18-23-24(30)11-8-12-25(23)31)26(28(35)32-29(2,3)4)17-21-9-6-5-7-10-21/h5-16,26H,17-19H2,1-4H3,(H,32,35)/t26-/m1/s1. The second-order valence-corrected chi connectivity index (χ2v) is 10.6. The van der Waals surface area contributed by atoms with Gasteiger partial charge in [0.2, 0.25) is 5.91 Å². The van der Waals surface area contributed by atoms with Crippen LogP contribution in [0.2, 0.25) is 10.0 Å². The molecule has 7 heteroatoms. The Morgan fingerprint density at radius 2 is 1.53 bits per heavy atom. The van der Waals surface area contributed by atoms with Gasteiger partial charge in [0.25, 0.3) is 5.91 Å². The van der Waals surface area contributed by atoms with Crippen LogP contribution in [0.3, 0.4) is 0 Å². The number of nitrogens with zero attached hydrogens (tertiary/aromatic N) is 1. The number of benzene rings is 3. The maximum Gasteiger partial charge on any atom is 0.261 e. The maximum absolute atomic E-state index is 13.6. The van der Waals surface area contributed by atoms with Gasteiger partial charge >= 0.3 is 0 Å². The molecule has 0 aliphatic carbocycles. The Morgan fingerprint density at radius 1 is 0.917 bits per heavy atom. The lowest BCUT2D eigenvalue weighted by atomic mass is 10.0. The van der Waals surface area contributed by atoms with Crippen LogP contribution in [-0.2, 0) is 22.6 Å². The van der Waals surface area contributed by atoms with Crippen molar-refractivity contribution in [1.82, 2.24) is 10.2 Å². The summed E-state index contributed by atoms with van der Waals surface area (Å²) in [4.78, 5) is 28.7. The third-order valence-corrected chi connectivity index (χ3v) is 6.25. The Kier molecular flexibility index (Phi) is 9.41. The third kappa shape index (κ3) is 8.00. The number of carbonyl (C=O) groups is 2. The molecule has 36 heavy (non-hydrogen) atoms. The van der Waals surface area contributed by atoms with Crippen LogP contribution in [0.25, 0.3) is 0 Å². The second-order valence-electron chi connectivity index (χ2n) is 9.77. The number of nitrogens with one attached hydrogen (secondary N) is 1. The molecule has 2 amide bonds. The first-order valence-corrected chi connectivity index (χ1v) is 12.6. The van der Waals surface area contributed by atoms with E-state index in [-0.39, 0.29) is 25.0 Å². The van der Waals surface area contributed by atoms with Gasteiger partial charge in [0.15, 0.2) is 6.61 Å². The van der Waals surface area contributed by atoms with Gasteiger partial charge in [-0.25, -0.2) is 0 Å². The SMILES string of the molecule is Cc1ccc(OCC(=O)N(Cc2c(Cl)cccc2Cl)[C@H](Cc2ccccc2)C(=O)NC(C)(C)C)cc1. The minimum atomic E-state index is -0.812. The number of aryl methyl sites for hydroxylation is 1. The van der Waals surface area contributed by atoms with Crippen molar-refractivity contribution in [1.29, 1.82) is 0 Å². The monoisotopic (exact) mass is 526 g/mol. The average Bonchev–Trinajstić information content (AvgIpc) is 2.82. The highest BCUT2D eigenvalue weighted by molar-refractivity contribution is 6.36. The molecule has 0 saturated heterocycles. The number of halogens is 2. The number of amides is 2. The van der Waals surface area contributed by atoms with Gasteiger partial charge in [0.05, 0.1) is 0 Å². The van der Waals surface area contributed by atoms with Crippen LogP contribution < -0.4 is 10.1 Å². The summed E-state index contributed by atoms with van der Waals surface area (Å²) >= 11 is 12.9. The van der Waals surface area contributed by atoms with E-state index in [2.05, 4.69) is 5.32 Å². The molecular weight excluding hydrogens is 495 g/mol. The van der Waals surface area contributed by atoms with E-state index in [0.717, 1.165) is 11.1 Å². The highest BCUT2D eigenvalue weighted by Gasteiger charge is 2.33. The molecule has 190 valence electrons. The van der Waals surface area contributed by atoms with E-state index in [0.29, 0.717) is 27.8 Å². The third-order valence-electron chi connectivity index (χ3n) is 5.54. The summed E-state index contributed by atoms with van der Waals surface area (Å²) in [5.41, 5.74) is 2.10. The molecule has 0 bridgehead atoms. The topological polar surface area (TPSA) is 58.6 Å². The molecule has 3 aromatic rings. The second kappa shape index (κ2) is 12.3. The van der Waals surface area contributed by atoms with Crippen LogP contribution in [0.4, 0.5) is 0 Å². The Morgan fingerprint density at radius 3 is 2.11 bits per heavy atom. The first-order valence-electron chi connectivity index (χ1n) is 11.8. The average molecular weight is 527 g/mol. The van der Waals surface area contributed by atoms with Crippen LogP contribution >= 0.6 is 23.2 Å². The molecule has 0 saturated carbocycles. The Balaban J connectivity index is 1.97. The molecule has 0 fully saturated rings. The molecule has 0 spiro atoms. The van der Waals surface area contributed by atoms with E-state index in [4.69, 9.17) is 27.9 Å². The van der Waals surface area contributed by atoms with E-state index in [1.54, 1.807) is 18.2 Å². The molecule has 0 unspecified atom stereocenters. The Hall–Kier alpha value is -3.02. The first kappa shape index (κ1) is 27.6. The van der Waals surface area contributed by atoms with Crippen molar-refractivity contribution in [2.24, 2.45) is 0 Å². The molecule has 5 nitrogen and oxygen atoms in total. The molecule has 1 atom stereocenters. The lowest BCUT2D eigenvalue weighted by Crippen LogP contribution is -2.55. The van der Waals surface area contributed by atoms with Crippen molar-refractivity contribution >= 4 is 35.0 Å². The fourth-order valence-corrected chi connectivity index (χ4v) is 4.24. The van der Waals surface area contributed by atoms with Gasteiger partial charge < -0.3 is 15.0 Å². The molecule has 0 heterocycles. The molecule has 1 N–H and O–H groups in total. The largest absolute Gasteiger partial charge is 0.484 e. The summed E-state index contributed by atoms with van der Waals surface area (Å²) in [6.45, 7) is 7.52. The van der Waals surface area contributed by atoms with Crippen LogP contribution in [0.1, 0.15) is 37.5 Å². The molecule has 0 aliphatic rings. The van der Waals surface area contributed by atoms with Crippen molar-refractivity contribution in [3.63, 3.8) is 0 Å². The molecule has 3 aromatic carbocycles. The highest BCUT2D eigenvalue weighted by Crippen LogP contribution is 2.27. The number of hydrogen-bond donors (Lipinski definition) is 1. The predicted octanol–water partition coefficient (Wildman–Crippen LogP) is 6.24. The summed E-state index contributed by atoms with van der Waals surface area (Å²) in [7, 11) is 0. The van der Waals surface area contributed by atoms with Crippen molar-refractivity contribution in [2.75, 3.05) is 6.61 Å². The van der Waals surface area contributed by atoms with E-state index < -0.39 is 11.6 Å². The maximum atomic E-state index is 13.6. The van der Waals surface area contributed by atoms with Crippen molar-refractivity contribution in [3.8, 4) is 5.75 Å². The molecule has 0 radical (unpaired) electrons. The fraction of sp³-hybridized carbons (Fsp3) is 0.310. The number of rotatable bonds is 9. The van der Waals surface area contributed by atoms with Gasteiger partial charge in [-0.2, -0.15) is 0 Å². The highest BCUT2D eigenvalue weighted by atomic mass is 35.5. The molecule has 3 rings (SSSR count). The summed E-state index contributed by atoms with van der Waals surface area (Å²) < 4.78 is 5.79. The van der Waals surface area contributed by atoms with Crippen LogP contribution in [0, 0.1) is 6.92 Å². The number of ether oxygens (including phenoxy) is 1. The van der Waals surface area contributed by atoms with Gasteiger partial charge in [0, 0.05) is 34.1 Å². The summed E-state index contributed by atoms with van der Waals surface area (Å²) in [6.07, 6.45) is 0.321. The van der Waals surface area contributed by atoms with E-state index >= 15 is 0 Å². The summed E-state index contributed by atoms with van der Waals surface area (Å²) in [5.74, 6) is -0.0433. The quantitative estimate of drug-likeness (QED) is 0.359. The molecule has 0 aliphatic heterocycles. The van der Waals surface area contributed by atoms with Crippen LogP contribution in [0.15, 0.2) is 72.8 Å². The minimum Gasteiger partial charge on any atom is -0.484 e. The van der Waals surface area contributed by atoms with E-state index in [9.17, 15) is 9.59 Å². The Labute approximate surface area is 223 Å². The predicted molar refractivity (Wildman–Crippen MR) is 146 cm³/mol. The number of carbonyl (C=O) groups excluding carboxylic acids is 2. The van der Waals surface area contributed by atoms with Gasteiger partial charge in [0.1, 0.15) is 11.8 Å². The Bertz CT molecular complexity index is 1160. The first-order chi connectivity index (χ1) is 17.0. The van der Waals surface area contributed by atoms with Crippen LogP contribution in [-0.4, -0.2) is 34.9 Å². The molecule has 0 aromatic heterocycles. The normalized spacial score (nSPS) is 12.1. The molecular formula is C29H32Cl2N2O3. The van der Waals surface area contributed by atoms with Gasteiger partial charge in [-0.05, 0) is 57.5 Å². The zero-order valence-corrected chi connectivity index (χ0v) is 22.6. The smallest absolute Gasteiger partial charge is 0.261 e. The number of hydrogen-bond acceptors (Lipinski definition) is 3. The minimum absolute atomic E-state index is 0.0592. The zero-order chi connectivity index (χ0) is 26.3. The van der Waals surface area contributed by atoms with Gasteiger partial charge in [-0.1, -0.05) is 77.3 Å². The van der Waals surface area contributed by atoms with Crippen molar-refractivity contribution in [2.45, 2.75) is 52.2 Å². The van der Waals surface area contributed by atoms with Crippen molar-refractivity contribution in [3.05, 3.63) is 99.5 Å². The fourth-order valence-electron chi connectivity index (χ4n) is 3.72.